The van der Waals surface area contributed by atoms with Gasteiger partial charge in [-0.05, 0) is 26.1 Å². The molecule has 2 rings (SSSR count). The summed E-state index contributed by atoms with van der Waals surface area (Å²) in [6.45, 7) is 8.44. The predicted molar refractivity (Wildman–Crippen MR) is 81.8 cm³/mol. The Kier molecular flexibility index (Phi) is 5.85. The molecule has 114 valence electrons. The second-order valence-electron chi connectivity index (χ2n) is 5.20. The van der Waals surface area contributed by atoms with Crippen LogP contribution in [0.5, 0.6) is 11.5 Å². The average Bonchev–Trinajstić information content (AvgIpc) is 2.51. The van der Waals surface area contributed by atoms with Crippen molar-refractivity contribution in [2.24, 2.45) is 0 Å². The van der Waals surface area contributed by atoms with Gasteiger partial charge in [0.2, 0.25) is 0 Å². The van der Waals surface area contributed by atoms with Gasteiger partial charge in [0, 0.05) is 38.8 Å². The molecule has 0 aromatic heterocycles. The van der Waals surface area contributed by atoms with Crippen LogP contribution in [-0.4, -0.2) is 62.8 Å². The van der Waals surface area contributed by atoms with Crippen LogP contribution in [0.15, 0.2) is 18.2 Å². The van der Waals surface area contributed by atoms with Crippen LogP contribution in [-0.2, 0) is 0 Å². The van der Waals surface area contributed by atoms with E-state index in [4.69, 9.17) is 14.7 Å². The van der Waals surface area contributed by atoms with Crippen molar-refractivity contribution in [3.8, 4) is 17.6 Å². The van der Waals surface area contributed by atoms with Gasteiger partial charge in [-0.1, -0.05) is 0 Å². The predicted octanol–water partition coefficient (Wildman–Crippen LogP) is 1.58. The Labute approximate surface area is 126 Å². The van der Waals surface area contributed by atoms with Gasteiger partial charge in [0.1, 0.15) is 6.61 Å². The molecule has 1 fully saturated rings. The smallest absolute Gasteiger partial charge is 0.162 e. The van der Waals surface area contributed by atoms with Gasteiger partial charge in [-0.15, -0.1) is 0 Å². The fraction of sp³-hybridized carbons (Fsp3) is 0.562. The minimum Gasteiger partial charge on any atom is -0.490 e. The molecule has 0 unspecified atom stereocenters. The van der Waals surface area contributed by atoms with Gasteiger partial charge in [-0.2, -0.15) is 5.26 Å². The van der Waals surface area contributed by atoms with Gasteiger partial charge >= 0.3 is 0 Å². The minimum absolute atomic E-state index is 0.559. The Morgan fingerprint density at radius 3 is 2.57 bits per heavy atom. The number of benzene rings is 1. The lowest BCUT2D eigenvalue weighted by atomic mass is 10.2. The van der Waals surface area contributed by atoms with Gasteiger partial charge in [0.25, 0.3) is 0 Å². The lowest BCUT2D eigenvalue weighted by Gasteiger charge is -2.32. The molecule has 0 bridgehead atoms. The fourth-order valence-corrected chi connectivity index (χ4v) is 2.32. The summed E-state index contributed by atoms with van der Waals surface area (Å²) in [6, 6.07) is 7.42. The van der Waals surface area contributed by atoms with Gasteiger partial charge in [0.05, 0.1) is 18.2 Å². The molecule has 1 aliphatic rings. The van der Waals surface area contributed by atoms with Crippen LogP contribution in [0, 0.1) is 11.3 Å². The number of likely N-dealkylation sites (N-methyl/N-ethyl adjacent to an activating group) is 1. The molecule has 1 aliphatic heterocycles. The number of nitriles is 1. The summed E-state index contributed by atoms with van der Waals surface area (Å²) in [7, 11) is 2.15. The van der Waals surface area contributed by atoms with Crippen LogP contribution in [0.3, 0.4) is 0 Å². The molecule has 0 N–H and O–H groups in total. The summed E-state index contributed by atoms with van der Waals surface area (Å²) in [5.41, 5.74) is 0.588. The zero-order valence-corrected chi connectivity index (χ0v) is 12.8. The first-order valence-electron chi connectivity index (χ1n) is 7.43. The number of rotatable bonds is 6. The Hall–Kier alpha value is -1.77. The molecule has 1 aromatic rings. The second-order valence-corrected chi connectivity index (χ2v) is 5.20. The lowest BCUT2D eigenvalue weighted by molar-refractivity contribution is 0.132. The molecule has 0 aliphatic carbocycles. The van der Waals surface area contributed by atoms with E-state index in [0.29, 0.717) is 30.3 Å². The van der Waals surface area contributed by atoms with Crippen molar-refractivity contribution >= 4 is 0 Å². The van der Waals surface area contributed by atoms with E-state index in [1.807, 2.05) is 13.0 Å². The highest BCUT2D eigenvalue weighted by Crippen LogP contribution is 2.28. The summed E-state index contributed by atoms with van der Waals surface area (Å²) in [4.78, 5) is 4.75. The molecular weight excluding hydrogens is 266 g/mol. The molecule has 1 aromatic carbocycles. The molecular formula is C16H23N3O2. The summed E-state index contributed by atoms with van der Waals surface area (Å²) in [5, 5.41) is 8.93. The SMILES string of the molecule is CCOc1cc(C#N)ccc1OCCN1CCN(C)CC1. The van der Waals surface area contributed by atoms with Crippen molar-refractivity contribution in [3.05, 3.63) is 23.8 Å². The van der Waals surface area contributed by atoms with Crippen molar-refractivity contribution in [1.82, 2.24) is 9.80 Å². The standard InChI is InChI=1S/C16H23N3O2/c1-3-20-16-12-14(13-17)4-5-15(16)21-11-10-19-8-6-18(2)7-9-19/h4-5,12H,3,6-11H2,1-2H3. The summed E-state index contributed by atoms with van der Waals surface area (Å²) in [6.07, 6.45) is 0. The zero-order valence-electron chi connectivity index (χ0n) is 12.8. The third kappa shape index (κ3) is 4.62. The minimum atomic E-state index is 0.559. The van der Waals surface area contributed by atoms with E-state index in [1.54, 1.807) is 12.1 Å². The lowest BCUT2D eigenvalue weighted by Crippen LogP contribution is -2.45. The topological polar surface area (TPSA) is 48.7 Å². The number of nitrogens with zero attached hydrogens (tertiary/aromatic N) is 3. The highest BCUT2D eigenvalue weighted by Gasteiger charge is 2.14. The molecule has 0 spiro atoms. The fourth-order valence-electron chi connectivity index (χ4n) is 2.32. The van der Waals surface area contributed by atoms with Gasteiger partial charge < -0.3 is 14.4 Å². The highest BCUT2D eigenvalue weighted by atomic mass is 16.5. The van der Waals surface area contributed by atoms with Crippen LogP contribution >= 0.6 is 0 Å². The summed E-state index contributed by atoms with van der Waals surface area (Å²) >= 11 is 0. The van der Waals surface area contributed by atoms with E-state index in [-0.39, 0.29) is 0 Å². The largest absolute Gasteiger partial charge is 0.490 e. The van der Waals surface area contributed by atoms with Crippen molar-refractivity contribution < 1.29 is 9.47 Å². The quantitative estimate of drug-likeness (QED) is 0.796. The first-order chi connectivity index (χ1) is 10.2. The first kappa shape index (κ1) is 15.6. The Morgan fingerprint density at radius 2 is 1.90 bits per heavy atom. The van der Waals surface area contributed by atoms with Gasteiger partial charge in [-0.25, -0.2) is 0 Å². The van der Waals surface area contributed by atoms with Crippen LogP contribution in [0.1, 0.15) is 12.5 Å². The van der Waals surface area contributed by atoms with Crippen LogP contribution in [0.25, 0.3) is 0 Å². The molecule has 5 nitrogen and oxygen atoms in total. The monoisotopic (exact) mass is 289 g/mol. The van der Waals surface area contributed by atoms with Crippen LogP contribution in [0.4, 0.5) is 0 Å². The maximum absolute atomic E-state index is 8.93. The first-order valence-corrected chi connectivity index (χ1v) is 7.43. The summed E-state index contributed by atoms with van der Waals surface area (Å²) < 4.78 is 11.4. The van der Waals surface area contributed by atoms with E-state index in [9.17, 15) is 0 Å². The van der Waals surface area contributed by atoms with Crippen LogP contribution < -0.4 is 9.47 Å². The third-order valence-corrected chi connectivity index (χ3v) is 3.63. The molecule has 21 heavy (non-hydrogen) atoms. The Morgan fingerprint density at radius 1 is 1.14 bits per heavy atom. The molecule has 0 atom stereocenters. The molecule has 5 heteroatoms. The highest BCUT2D eigenvalue weighted by molar-refractivity contribution is 5.46. The number of ether oxygens (including phenoxy) is 2. The zero-order chi connectivity index (χ0) is 15.1. The molecule has 0 radical (unpaired) electrons. The van der Waals surface area contributed by atoms with E-state index >= 15 is 0 Å². The maximum Gasteiger partial charge on any atom is 0.162 e. The normalized spacial score (nSPS) is 16.4. The van der Waals surface area contributed by atoms with Gasteiger partial charge in [0.15, 0.2) is 11.5 Å². The molecule has 1 heterocycles. The van der Waals surface area contributed by atoms with Crippen molar-refractivity contribution in [1.29, 1.82) is 5.26 Å². The third-order valence-electron chi connectivity index (χ3n) is 3.63. The van der Waals surface area contributed by atoms with Crippen molar-refractivity contribution in [3.63, 3.8) is 0 Å². The molecule has 0 amide bonds. The average molecular weight is 289 g/mol. The van der Waals surface area contributed by atoms with Crippen molar-refractivity contribution in [2.45, 2.75) is 6.92 Å². The molecule has 0 saturated carbocycles. The summed E-state index contributed by atoms with van der Waals surface area (Å²) in [5.74, 6) is 1.36. The molecule has 1 saturated heterocycles. The van der Waals surface area contributed by atoms with Gasteiger partial charge in [-0.3, -0.25) is 4.90 Å². The maximum atomic E-state index is 8.93. The van der Waals surface area contributed by atoms with E-state index < -0.39 is 0 Å². The number of hydrogen-bond donors (Lipinski definition) is 0. The van der Waals surface area contributed by atoms with Crippen LogP contribution in [0.2, 0.25) is 0 Å². The Balaban J connectivity index is 1.86. The van der Waals surface area contributed by atoms with E-state index in [2.05, 4.69) is 22.9 Å². The second kappa shape index (κ2) is 7.87. The Bertz CT molecular complexity index is 491. The number of hydrogen-bond acceptors (Lipinski definition) is 5. The number of piperazine rings is 1. The van der Waals surface area contributed by atoms with Crippen molar-refractivity contribution in [2.75, 3.05) is 53.0 Å². The van der Waals surface area contributed by atoms with E-state index in [0.717, 1.165) is 32.7 Å². The van der Waals surface area contributed by atoms with E-state index in [1.165, 1.54) is 0 Å².